The summed E-state index contributed by atoms with van der Waals surface area (Å²) in [5.74, 6) is -3.50. The van der Waals surface area contributed by atoms with Gasteiger partial charge in [-0.2, -0.15) is 0 Å². The number of rotatable bonds is 20. The molecule has 1 saturated heterocycles. The third-order valence-corrected chi connectivity index (χ3v) is 10.4. The molecule has 1 fully saturated rings. The normalized spacial score (nSPS) is 15.4. The number of hydrogen-bond donors (Lipinski definition) is 6. The molecule has 1 aliphatic rings. The smallest absolute Gasteiger partial charge is 0.312 e. The molecule has 1 aromatic heterocycles. The first-order chi connectivity index (χ1) is 27.8. The lowest BCUT2D eigenvalue weighted by Gasteiger charge is -2.37. The van der Waals surface area contributed by atoms with Gasteiger partial charge in [-0.05, 0) is 69.1 Å². The van der Waals surface area contributed by atoms with Crippen LogP contribution in [0.1, 0.15) is 68.1 Å². The molecule has 0 radical (unpaired) electrons. The number of H-pyrrole nitrogens is 1. The monoisotopic (exact) mass is 822 g/mol. The van der Waals surface area contributed by atoms with Gasteiger partial charge in [0.2, 0.25) is 29.5 Å². The van der Waals surface area contributed by atoms with Crippen LogP contribution in [0.2, 0.25) is 0 Å². The van der Waals surface area contributed by atoms with E-state index in [1.54, 1.807) is 13.2 Å². The third kappa shape index (κ3) is 13.2. The summed E-state index contributed by atoms with van der Waals surface area (Å²) in [5, 5.41) is 11.8. The fourth-order valence-electron chi connectivity index (χ4n) is 7.07. The number of nitrogens with two attached hydrogens (primary N) is 1. The van der Waals surface area contributed by atoms with Gasteiger partial charge in [0.15, 0.2) is 0 Å². The van der Waals surface area contributed by atoms with Gasteiger partial charge in [-0.3, -0.25) is 28.8 Å². The van der Waals surface area contributed by atoms with Gasteiger partial charge in [-0.1, -0.05) is 48.0 Å². The standard InChI is InChI=1S/C41H55ClN8O8/c1-26-16-18-27(19-17-26)25-49(2)39(55)31(13-9-20-44-41(43)57)47-37(53)33(22-28-24-45-30-11-5-4-10-29(28)30)48-38(54)34-14-6-7-21-50(34)40(56)32(46-35(51)23-42)12-8-15-36(52)58-3/h4-5,10-11,16-19,24,31-34,45H,6-9,12-15,20-23,25H2,1-3H3,(H,46,51)(H,47,53)(H,48,54)(H3,43,44,57)/t31-,32-,33-,34-/m0/s1. The molecule has 314 valence electrons. The molecule has 0 bridgehead atoms. The van der Waals surface area contributed by atoms with Crippen molar-refractivity contribution in [1.29, 1.82) is 0 Å². The number of nitrogens with one attached hydrogen (secondary N) is 5. The number of para-hydroxylation sites is 1. The molecule has 7 N–H and O–H groups in total. The molecule has 0 saturated carbocycles. The number of aromatic amines is 1. The molecule has 2 heterocycles. The van der Waals surface area contributed by atoms with E-state index >= 15 is 0 Å². The van der Waals surface area contributed by atoms with E-state index < -0.39 is 59.8 Å². The zero-order valence-electron chi connectivity index (χ0n) is 33.3. The number of fused-ring (bicyclic) bond motifs is 1. The fourth-order valence-corrected chi connectivity index (χ4v) is 7.14. The maximum absolute atomic E-state index is 14.4. The number of primary amides is 1. The molecule has 0 spiro atoms. The molecular formula is C41H55ClN8O8. The number of carbonyl (C=O) groups is 7. The first-order valence-electron chi connectivity index (χ1n) is 19.5. The van der Waals surface area contributed by atoms with Crippen molar-refractivity contribution in [2.45, 2.75) is 95.4 Å². The number of benzene rings is 2. The lowest BCUT2D eigenvalue weighted by Crippen LogP contribution is -2.60. The molecule has 7 amide bonds. The van der Waals surface area contributed by atoms with Gasteiger partial charge in [0.25, 0.3) is 0 Å². The number of amides is 7. The van der Waals surface area contributed by atoms with E-state index in [4.69, 9.17) is 22.1 Å². The summed E-state index contributed by atoms with van der Waals surface area (Å²) in [5.41, 5.74) is 8.79. The number of alkyl halides is 1. The van der Waals surface area contributed by atoms with Crippen molar-refractivity contribution >= 4 is 64.0 Å². The Morgan fingerprint density at radius 1 is 0.948 bits per heavy atom. The van der Waals surface area contributed by atoms with E-state index in [0.717, 1.165) is 27.6 Å². The zero-order chi connectivity index (χ0) is 42.2. The molecule has 1 aliphatic heterocycles. The van der Waals surface area contributed by atoms with Crippen LogP contribution in [0.4, 0.5) is 4.79 Å². The number of nitrogens with zero attached hydrogens (tertiary/aromatic N) is 2. The van der Waals surface area contributed by atoms with Gasteiger partial charge in [0, 0.05) is 56.6 Å². The Balaban J connectivity index is 1.60. The van der Waals surface area contributed by atoms with Gasteiger partial charge in [0.05, 0.1) is 7.11 Å². The second-order valence-electron chi connectivity index (χ2n) is 14.6. The minimum absolute atomic E-state index is 0.0263. The van der Waals surface area contributed by atoms with Crippen LogP contribution in [0.5, 0.6) is 0 Å². The van der Waals surface area contributed by atoms with Crippen LogP contribution >= 0.6 is 11.6 Å². The molecule has 0 unspecified atom stereocenters. The summed E-state index contributed by atoms with van der Waals surface area (Å²) >= 11 is 5.76. The Hall–Kier alpha value is -5.64. The number of likely N-dealkylation sites (tertiary alicyclic amines) is 1. The van der Waals surface area contributed by atoms with Crippen LogP contribution in [-0.2, 0) is 46.5 Å². The second kappa shape index (κ2) is 22.3. The minimum atomic E-state index is -1.18. The molecular weight excluding hydrogens is 768 g/mol. The Kier molecular flexibility index (Phi) is 17.4. The highest BCUT2D eigenvalue weighted by Gasteiger charge is 2.38. The average Bonchev–Trinajstić information content (AvgIpc) is 3.63. The Morgan fingerprint density at radius 3 is 2.38 bits per heavy atom. The summed E-state index contributed by atoms with van der Waals surface area (Å²) in [6, 6.07) is 10.3. The third-order valence-electron chi connectivity index (χ3n) is 10.2. The summed E-state index contributed by atoms with van der Waals surface area (Å²) < 4.78 is 4.72. The van der Waals surface area contributed by atoms with Crippen molar-refractivity contribution in [3.63, 3.8) is 0 Å². The first-order valence-corrected chi connectivity index (χ1v) is 20.1. The molecule has 3 aromatic rings. The van der Waals surface area contributed by atoms with Crippen LogP contribution in [0.25, 0.3) is 10.9 Å². The average molecular weight is 823 g/mol. The Labute approximate surface area is 343 Å². The predicted molar refractivity (Wildman–Crippen MR) is 218 cm³/mol. The number of carbonyl (C=O) groups excluding carboxylic acids is 7. The molecule has 4 atom stereocenters. The van der Waals surface area contributed by atoms with E-state index in [1.165, 1.54) is 16.9 Å². The maximum Gasteiger partial charge on any atom is 0.312 e. The first kappa shape index (κ1) is 45.1. The number of hydrogen-bond acceptors (Lipinski definition) is 8. The van der Waals surface area contributed by atoms with Crippen molar-refractivity contribution in [1.82, 2.24) is 36.1 Å². The van der Waals surface area contributed by atoms with Gasteiger partial charge < -0.3 is 46.5 Å². The highest BCUT2D eigenvalue weighted by atomic mass is 35.5. The van der Waals surface area contributed by atoms with E-state index in [9.17, 15) is 33.6 Å². The molecule has 17 heteroatoms. The largest absolute Gasteiger partial charge is 0.469 e. The van der Waals surface area contributed by atoms with E-state index in [0.29, 0.717) is 25.7 Å². The number of piperidine rings is 1. The van der Waals surface area contributed by atoms with Crippen molar-refractivity contribution in [2.24, 2.45) is 5.73 Å². The van der Waals surface area contributed by atoms with E-state index in [1.807, 2.05) is 55.5 Å². The highest BCUT2D eigenvalue weighted by molar-refractivity contribution is 6.27. The predicted octanol–water partition coefficient (Wildman–Crippen LogP) is 2.54. The van der Waals surface area contributed by atoms with Gasteiger partial charge in [-0.25, -0.2) is 4.79 Å². The zero-order valence-corrected chi connectivity index (χ0v) is 34.1. The number of esters is 1. The lowest BCUT2D eigenvalue weighted by atomic mass is 9.97. The molecule has 4 rings (SSSR count). The number of methoxy groups -OCH3 is 1. The topological polar surface area (TPSA) is 225 Å². The quantitative estimate of drug-likeness (QED) is 0.0563. The number of aryl methyl sites for hydroxylation is 1. The van der Waals surface area contributed by atoms with Crippen LogP contribution in [-0.4, -0.2) is 114 Å². The van der Waals surface area contributed by atoms with Crippen LogP contribution < -0.4 is 27.0 Å². The molecule has 58 heavy (non-hydrogen) atoms. The van der Waals surface area contributed by atoms with E-state index in [2.05, 4.69) is 26.3 Å². The number of aromatic nitrogens is 1. The number of likely N-dealkylation sites (N-methyl/N-ethyl adjacent to an activating group) is 1. The van der Waals surface area contributed by atoms with Crippen LogP contribution in [0.15, 0.2) is 54.7 Å². The van der Waals surface area contributed by atoms with E-state index in [-0.39, 0.29) is 63.5 Å². The summed E-state index contributed by atoms with van der Waals surface area (Å²) in [4.78, 5) is 98.3. The Morgan fingerprint density at radius 2 is 1.67 bits per heavy atom. The maximum atomic E-state index is 14.4. The minimum Gasteiger partial charge on any atom is -0.469 e. The van der Waals surface area contributed by atoms with Crippen LogP contribution in [0.3, 0.4) is 0 Å². The highest BCUT2D eigenvalue weighted by Crippen LogP contribution is 2.22. The summed E-state index contributed by atoms with van der Waals surface area (Å²) in [6.45, 7) is 2.65. The number of urea groups is 1. The number of ether oxygens (including phenoxy) is 1. The molecule has 16 nitrogen and oxygen atoms in total. The van der Waals surface area contributed by atoms with Crippen molar-refractivity contribution < 1.29 is 38.3 Å². The fraction of sp³-hybridized carbons (Fsp3) is 0.488. The van der Waals surface area contributed by atoms with Crippen molar-refractivity contribution in [3.05, 3.63) is 71.4 Å². The summed E-state index contributed by atoms with van der Waals surface area (Å²) in [7, 11) is 2.90. The summed E-state index contributed by atoms with van der Waals surface area (Å²) in [6.07, 6.45) is 4.20. The Bertz CT molecular complexity index is 1900. The lowest BCUT2D eigenvalue weighted by molar-refractivity contribution is -0.146. The SMILES string of the molecule is COC(=O)CCC[C@H](NC(=O)CCl)C(=O)N1CCCC[C@H]1C(=O)N[C@@H](Cc1c[nH]c2ccccc12)C(=O)N[C@@H](CCCNC(N)=O)C(=O)N(C)Cc1ccc(C)cc1. The molecule has 0 aliphatic carbocycles. The van der Waals surface area contributed by atoms with Crippen molar-refractivity contribution in [3.8, 4) is 0 Å². The van der Waals surface area contributed by atoms with Crippen LogP contribution in [0, 0.1) is 6.92 Å². The van der Waals surface area contributed by atoms with Gasteiger partial charge in [-0.15, -0.1) is 11.6 Å². The second-order valence-corrected chi connectivity index (χ2v) is 14.8. The van der Waals surface area contributed by atoms with Gasteiger partial charge >= 0.3 is 12.0 Å². The molecule has 2 aromatic carbocycles. The van der Waals surface area contributed by atoms with Crippen molar-refractivity contribution in [2.75, 3.05) is 33.1 Å². The van der Waals surface area contributed by atoms with Gasteiger partial charge in [0.1, 0.15) is 30.0 Å². The number of halogens is 1.